The van der Waals surface area contributed by atoms with Crippen LogP contribution >= 0.6 is 0 Å². The van der Waals surface area contributed by atoms with Crippen molar-refractivity contribution in [3.8, 4) is 5.75 Å². The van der Waals surface area contributed by atoms with Crippen molar-refractivity contribution in [2.24, 2.45) is 5.73 Å². The molecule has 2 heterocycles. The Hall–Kier alpha value is -2.12. The molecule has 3 rings (SSSR count). The van der Waals surface area contributed by atoms with E-state index in [1.807, 2.05) is 32.0 Å². The highest BCUT2D eigenvalue weighted by Gasteiger charge is 2.35. The van der Waals surface area contributed by atoms with Gasteiger partial charge in [-0.05, 0) is 30.5 Å². The summed E-state index contributed by atoms with van der Waals surface area (Å²) in [4.78, 5) is 28.9. The molecule has 7 nitrogen and oxygen atoms in total. The topological polar surface area (TPSA) is 85.1 Å². The number of benzene rings is 1. The van der Waals surface area contributed by atoms with E-state index >= 15 is 0 Å². The van der Waals surface area contributed by atoms with Gasteiger partial charge in [0.15, 0.2) is 6.10 Å². The van der Waals surface area contributed by atoms with Crippen molar-refractivity contribution < 1.29 is 19.1 Å². The number of anilines is 1. The molecular formula is C19H27N3O4. The maximum atomic E-state index is 12.9. The van der Waals surface area contributed by atoms with E-state index in [2.05, 4.69) is 0 Å². The summed E-state index contributed by atoms with van der Waals surface area (Å²) >= 11 is 0. The van der Waals surface area contributed by atoms with E-state index in [1.54, 1.807) is 9.80 Å². The molecule has 2 amide bonds. The number of hydrogen-bond acceptors (Lipinski definition) is 5. The maximum absolute atomic E-state index is 12.9. The Balaban J connectivity index is 1.89. The third-order valence-electron chi connectivity index (χ3n) is 4.98. The Bertz CT molecular complexity index is 673. The van der Waals surface area contributed by atoms with Crippen LogP contribution in [-0.2, 0) is 14.3 Å². The first-order valence-electron chi connectivity index (χ1n) is 9.28. The van der Waals surface area contributed by atoms with Gasteiger partial charge in [-0.15, -0.1) is 0 Å². The number of hydrogen-bond donors (Lipinski definition) is 1. The lowest BCUT2D eigenvalue weighted by Gasteiger charge is -2.36. The van der Waals surface area contributed by atoms with Crippen LogP contribution in [0.25, 0.3) is 0 Å². The van der Waals surface area contributed by atoms with Crippen molar-refractivity contribution in [2.45, 2.75) is 38.8 Å². The molecule has 0 saturated carbocycles. The molecule has 26 heavy (non-hydrogen) atoms. The van der Waals surface area contributed by atoms with Gasteiger partial charge in [0.1, 0.15) is 12.3 Å². The average molecular weight is 361 g/mol. The summed E-state index contributed by atoms with van der Waals surface area (Å²) in [6.07, 6.45) is 0.778. The number of amides is 2. The Morgan fingerprint density at radius 1 is 1.31 bits per heavy atom. The smallest absolute Gasteiger partial charge is 0.268 e. The lowest BCUT2D eigenvalue weighted by molar-refractivity contribution is -0.136. The molecule has 1 aromatic rings. The molecule has 0 radical (unpaired) electrons. The normalized spacial score (nSPS) is 21.2. The minimum atomic E-state index is -0.564. The highest BCUT2D eigenvalue weighted by atomic mass is 16.5. The van der Waals surface area contributed by atoms with Gasteiger partial charge in [-0.25, -0.2) is 0 Å². The first-order valence-corrected chi connectivity index (χ1v) is 9.28. The van der Waals surface area contributed by atoms with Crippen LogP contribution < -0.4 is 15.4 Å². The predicted octanol–water partition coefficient (Wildman–Crippen LogP) is 1.46. The van der Waals surface area contributed by atoms with E-state index in [-0.39, 0.29) is 24.4 Å². The lowest BCUT2D eigenvalue weighted by Crippen LogP contribution is -2.52. The number of ether oxygens (including phenoxy) is 2. The summed E-state index contributed by atoms with van der Waals surface area (Å²) in [5.74, 6) is 0.372. The second kappa shape index (κ2) is 8.05. The third kappa shape index (κ3) is 3.68. The van der Waals surface area contributed by atoms with E-state index in [0.717, 1.165) is 12.0 Å². The number of rotatable bonds is 5. The van der Waals surface area contributed by atoms with Gasteiger partial charge >= 0.3 is 0 Å². The van der Waals surface area contributed by atoms with Crippen LogP contribution in [0, 0.1) is 0 Å². The summed E-state index contributed by atoms with van der Waals surface area (Å²) in [6, 6.07) is 5.54. The Labute approximate surface area is 154 Å². The van der Waals surface area contributed by atoms with Crippen LogP contribution in [-0.4, -0.2) is 55.7 Å². The van der Waals surface area contributed by atoms with Gasteiger partial charge in [-0.1, -0.05) is 19.9 Å². The first kappa shape index (κ1) is 18.7. The van der Waals surface area contributed by atoms with E-state index < -0.39 is 6.10 Å². The number of carbonyl (C=O) groups excluding carboxylic acids is 2. The second-order valence-corrected chi connectivity index (χ2v) is 6.67. The van der Waals surface area contributed by atoms with Gasteiger partial charge in [0, 0.05) is 19.1 Å². The summed E-state index contributed by atoms with van der Waals surface area (Å²) in [7, 11) is 0. The van der Waals surface area contributed by atoms with E-state index in [0.29, 0.717) is 44.2 Å². The van der Waals surface area contributed by atoms with Crippen LogP contribution in [0.2, 0.25) is 0 Å². The fourth-order valence-corrected chi connectivity index (χ4v) is 3.28. The third-order valence-corrected chi connectivity index (χ3v) is 4.98. The molecule has 0 aromatic heterocycles. The molecule has 2 N–H and O–H groups in total. The van der Waals surface area contributed by atoms with Gasteiger partial charge in [0.25, 0.3) is 5.91 Å². The van der Waals surface area contributed by atoms with Gasteiger partial charge in [0.05, 0.1) is 18.9 Å². The van der Waals surface area contributed by atoms with Crippen LogP contribution in [0.4, 0.5) is 5.69 Å². The average Bonchev–Trinajstić information content (AvgIpc) is 2.69. The monoisotopic (exact) mass is 361 g/mol. The van der Waals surface area contributed by atoms with Crippen molar-refractivity contribution >= 4 is 17.5 Å². The fraction of sp³-hybridized carbons (Fsp3) is 0.579. The standard InChI is InChI=1S/C19H27N3O4/c1-3-14(20)13-5-6-17-15(11-13)22(19(24)16(4-2)26-17)12-18(23)21-7-9-25-10-8-21/h5-6,11,14,16H,3-4,7-10,12,20H2,1-2H3. The molecule has 0 bridgehead atoms. The number of nitrogens with zero attached hydrogens (tertiary/aromatic N) is 2. The summed E-state index contributed by atoms with van der Waals surface area (Å²) in [5.41, 5.74) is 7.71. The number of morpholine rings is 1. The minimum absolute atomic E-state index is 0.0104. The van der Waals surface area contributed by atoms with Crippen LogP contribution in [0.5, 0.6) is 5.75 Å². The highest BCUT2D eigenvalue weighted by Crippen LogP contribution is 2.37. The quantitative estimate of drug-likeness (QED) is 0.858. The van der Waals surface area contributed by atoms with Crippen LogP contribution in [0.15, 0.2) is 18.2 Å². The van der Waals surface area contributed by atoms with Crippen molar-refractivity contribution in [1.82, 2.24) is 4.90 Å². The summed E-state index contributed by atoms with van der Waals surface area (Å²) in [5, 5.41) is 0. The van der Waals surface area contributed by atoms with Gasteiger partial charge in [-0.2, -0.15) is 0 Å². The molecule has 0 aliphatic carbocycles. The van der Waals surface area contributed by atoms with Gasteiger partial charge in [-0.3, -0.25) is 14.5 Å². The van der Waals surface area contributed by atoms with Crippen molar-refractivity contribution in [1.29, 1.82) is 0 Å². The van der Waals surface area contributed by atoms with Gasteiger partial charge < -0.3 is 20.1 Å². The molecule has 2 aliphatic heterocycles. The molecule has 1 aromatic carbocycles. The van der Waals surface area contributed by atoms with Crippen LogP contribution in [0.1, 0.15) is 38.3 Å². The summed E-state index contributed by atoms with van der Waals surface area (Å²) < 4.78 is 11.1. The second-order valence-electron chi connectivity index (χ2n) is 6.67. The molecule has 2 unspecified atom stereocenters. The highest BCUT2D eigenvalue weighted by molar-refractivity contribution is 6.04. The lowest BCUT2D eigenvalue weighted by atomic mass is 10.0. The molecule has 142 valence electrons. The zero-order chi connectivity index (χ0) is 18.7. The molecule has 0 spiro atoms. The first-order chi connectivity index (χ1) is 12.5. The number of carbonyl (C=O) groups is 2. The SMILES string of the molecule is CCC1Oc2ccc(C(N)CC)cc2N(CC(=O)N2CCOCC2)C1=O. The maximum Gasteiger partial charge on any atom is 0.268 e. The van der Waals surface area contributed by atoms with E-state index in [4.69, 9.17) is 15.2 Å². The Kier molecular flexibility index (Phi) is 5.78. The fourth-order valence-electron chi connectivity index (χ4n) is 3.28. The molecule has 2 aliphatic rings. The number of nitrogens with two attached hydrogens (primary N) is 1. The Morgan fingerprint density at radius 3 is 2.69 bits per heavy atom. The molecule has 1 saturated heterocycles. The van der Waals surface area contributed by atoms with Crippen molar-refractivity contribution in [2.75, 3.05) is 37.7 Å². The number of fused-ring (bicyclic) bond motifs is 1. The Morgan fingerprint density at radius 2 is 2.04 bits per heavy atom. The molecule has 7 heteroatoms. The largest absolute Gasteiger partial charge is 0.478 e. The van der Waals surface area contributed by atoms with E-state index in [9.17, 15) is 9.59 Å². The van der Waals surface area contributed by atoms with Crippen LogP contribution in [0.3, 0.4) is 0 Å². The molecule has 2 atom stereocenters. The van der Waals surface area contributed by atoms with Crippen molar-refractivity contribution in [3.05, 3.63) is 23.8 Å². The van der Waals surface area contributed by atoms with Crippen molar-refractivity contribution in [3.63, 3.8) is 0 Å². The summed E-state index contributed by atoms with van der Waals surface area (Å²) in [6.45, 7) is 6.11. The van der Waals surface area contributed by atoms with Gasteiger partial charge in [0.2, 0.25) is 5.91 Å². The van der Waals surface area contributed by atoms with E-state index in [1.165, 1.54) is 0 Å². The molecular weight excluding hydrogens is 334 g/mol. The zero-order valence-corrected chi connectivity index (χ0v) is 15.4. The zero-order valence-electron chi connectivity index (χ0n) is 15.4. The minimum Gasteiger partial charge on any atom is -0.478 e. The molecule has 1 fully saturated rings. The predicted molar refractivity (Wildman–Crippen MR) is 98.1 cm³/mol.